The van der Waals surface area contributed by atoms with Crippen molar-refractivity contribution in [1.82, 2.24) is 9.80 Å². The number of carbonyl (C=O) groups is 2. The quantitative estimate of drug-likeness (QED) is 0.242. The number of nitrogens with zero attached hydrogens (tertiary/aromatic N) is 2. The summed E-state index contributed by atoms with van der Waals surface area (Å²) in [4.78, 5) is 31.8. The first-order valence-electron chi connectivity index (χ1n) is 19.9. The molecule has 0 unspecified atom stereocenters. The smallest absolute Gasteiger partial charge is 0.197 e. The summed E-state index contributed by atoms with van der Waals surface area (Å²) in [5.74, 6) is 4.04. The van der Waals surface area contributed by atoms with Crippen LogP contribution < -0.4 is 18.9 Å². The molecule has 6 atom stereocenters. The van der Waals surface area contributed by atoms with E-state index in [0.717, 1.165) is 72.5 Å². The number of likely N-dealkylation sites (tertiary alicyclic amines) is 2. The summed E-state index contributed by atoms with van der Waals surface area (Å²) >= 11 is 0. The van der Waals surface area contributed by atoms with Gasteiger partial charge in [0.05, 0.1) is 28.4 Å². The first-order chi connectivity index (χ1) is 27.1. The van der Waals surface area contributed by atoms with Crippen LogP contribution >= 0.6 is 0 Å². The number of allylic oxidation sites excluding steroid dienone is 2. The minimum atomic E-state index is -0.395. The first kappa shape index (κ1) is 36.8. The number of hydrogen-bond donors (Lipinski definition) is 0. The van der Waals surface area contributed by atoms with Crippen LogP contribution in [0.2, 0.25) is 0 Å². The number of ketones is 2. The molecule has 10 nitrogen and oxygen atoms in total. The number of methoxy groups -OCH3 is 4. The molecular formula is C46H52N2O8. The highest BCUT2D eigenvalue weighted by molar-refractivity contribution is 5.97. The van der Waals surface area contributed by atoms with Crippen LogP contribution in [-0.4, -0.2) is 89.1 Å². The van der Waals surface area contributed by atoms with Gasteiger partial charge >= 0.3 is 0 Å². The van der Waals surface area contributed by atoms with Crippen molar-refractivity contribution in [1.29, 1.82) is 0 Å². The van der Waals surface area contributed by atoms with Crippen molar-refractivity contribution in [2.24, 2.45) is 11.8 Å². The van der Waals surface area contributed by atoms with Crippen molar-refractivity contribution in [2.45, 2.75) is 74.7 Å². The van der Waals surface area contributed by atoms with Gasteiger partial charge in [0.1, 0.15) is 13.2 Å². The minimum Gasteiger partial charge on any atom is -0.493 e. The molecule has 0 N–H and O–H groups in total. The number of fused-ring (bicyclic) bond motifs is 2. The van der Waals surface area contributed by atoms with E-state index in [2.05, 4.69) is 66.4 Å². The third-order valence-electron chi connectivity index (χ3n) is 14.1. The molecule has 294 valence electrons. The van der Waals surface area contributed by atoms with Crippen LogP contribution in [0.4, 0.5) is 0 Å². The Labute approximate surface area is 329 Å². The Morgan fingerprint density at radius 2 is 1.07 bits per heavy atom. The van der Waals surface area contributed by atoms with Gasteiger partial charge in [0.2, 0.25) is 0 Å². The number of hydrogen-bond acceptors (Lipinski definition) is 10. The fraction of sp³-hybridized carbons (Fsp3) is 0.478. The molecule has 0 spiro atoms. The van der Waals surface area contributed by atoms with Gasteiger partial charge in [-0.15, -0.1) is 0 Å². The Kier molecular flexibility index (Phi) is 9.20. The zero-order chi connectivity index (χ0) is 38.9. The fourth-order valence-electron chi connectivity index (χ4n) is 11.4. The molecular weight excluding hydrogens is 709 g/mol. The van der Waals surface area contributed by atoms with Crippen LogP contribution in [0.25, 0.3) is 0 Å². The molecule has 0 aromatic heterocycles. The van der Waals surface area contributed by atoms with Crippen LogP contribution in [0, 0.1) is 11.8 Å². The minimum absolute atomic E-state index is 0.0368. The van der Waals surface area contributed by atoms with Crippen molar-refractivity contribution in [3.05, 3.63) is 106 Å². The molecule has 6 aliphatic rings. The summed E-state index contributed by atoms with van der Waals surface area (Å²) in [7, 11) is 10.9. The number of rotatable bonds is 10. The van der Waals surface area contributed by atoms with Gasteiger partial charge in [-0.3, -0.25) is 9.59 Å². The van der Waals surface area contributed by atoms with E-state index in [1.165, 1.54) is 11.1 Å². The predicted octanol–water partition coefficient (Wildman–Crippen LogP) is 6.10. The van der Waals surface area contributed by atoms with Crippen molar-refractivity contribution < 1.29 is 38.0 Å². The summed E-state index contributed by atoms with van der Waals surface area (Å²) < 4.78 is 36.7. The highest BCUT2D eigenvalue weighted by Crippen LogP contribution is 2.59. The zero-order valence-electron chi connectivity index (χ0n) is 33.3. The maximum atomic E-state index is 13.5. The Bertz CT molecular complexity index is 2010. The normalized spacial score (nSPS) is 29.1. The molecule has 10 heteroatoms. The van der Waals surface area contributed by atoms with Gasteiger partial charge in [-0.2, -0.15) is 0 Å². The second kappa shape index (κ2) is 14.0. The number of Topliss-reactive ketones (excluding diaryl/α,β-unsaturated/α-hetero) is 2. The molecule has 4 aliphatic carbocycles. The first-order valence-corrected chi connectivity index (χ1v) is 19.9. The Morgan fingerprint density at radius 3 is 1.48 bits per heavy atom. The molecule has 56 heavy (non-hydrogen) atoms. The summed E-state index contributed by atoms with van der Waals surface area (Å²) in [6.45, 7) is 2.44. The average Bonchev–Trinajstić information content (AvgIpc) is 3.20. The van der Waals surface area contributed by atoms with Crippen LogP contribution in [0.3, 0.4) is 0 Å². The topological polar surface area (TPSA) is 96.0 Å². The molecule has 2 aliphatic heterocycles. The lowest BCUT2D eigenvalue weighted by Crippen LogP contribution is -2.60. The molecule has 2 fully saturated rings. The molecule has 9 rings (SSSR count). The lowest BCUT2D eigenvalue weighted by atomic mass is 9.53. The molecule has 3 aromatic carbocycles. The van der Waals surface area contributed by atoms with Gasteiger partial charge in [-0.1, -0.05) is 30.3 Å². The molecule has 4 bridgehead atoms. The van der Waals surface area contributed by atoms with Gasteiger partial charge in [0.25, 0.3) is 0 Å². The maximum Gasteiger partial charge on any atom is 0.197 e. The lowest BCUT2D eigenvalue weighted by molar-refractivity contribution is -0.123. The molecule has 3 aromatic rings. The largest absolute Gasteiger partial charge is 0.493 e. The standard InChI is InChI=1S/C46H52N2O8/c1-47-16-14-45-23-35(49)39(53-5)21-31(45)33(47)19-29-10-12-37(51-3)43(41(29)45)55-25-27-8-7-9-28(18-27)26-56-44-38(52-4)13-11-30-20-34-32-22-40(54-6)36(50)24-46(32,42(30)44)15-17-48(34)2/h7-13,18,21-22,31-34H,14-17,19-20,23-26H2,1-6H3/t31-,32-,33+,34+,45-,46-/m1/s1. The van der Waals surface area contributed by atoms with E-state index in [-0.39, 0.29) is 35.5 Å². The van der Waals surface area contributed by atoms with Crippen molar-refractivity contribution in [2.75, 3.05) is 55.6 Å². The number of piperidine rings is 2. The Balaban J connectivity index is 1.01. The van der Waals surface area contributed by atoms with Gasteiger partial charge in [-0.05, 0) is 105 Å². The predicted molar refractivity (Wildman–Crippen MR) is 210 cm³/mol. The SMILES string of the molecule is COC1=C[C@@H]2[C@@H]3Cc4ccc(OC)c(OCc5cccc(COc6c(OC)ccc7c6[C@@]68CCN(C)[C@@H](C7)[C@H]6C=C(OC)C(=O)C8)c5)c4[C@]2(CCN3C)CC1=O. The monoisotopic (exact) mass is 760 g/mol. The number of carbonyl (C=O) groups excluding carboxylic acids is 2. The summed E-state index contributed by atoms with van der Waals surface area (Å²) in [5, 5.41) is 0. The van der Waals surface area contributed by atoms with Crippen LogP contribution in [0.1, 0.15) is 59.1 Å². The van der Waals surface area contributed by atoms with Gasteiger partial charge < -0.3 is 38.2 Å². The van der Waals surface area contributed by atoms with Gasteiger partial charge in [0.15, 0.2) is 46.1 Å². The van der Waals surface area contributed by atoms with E-state index in [0.29, 0.717) is 49.1 Å². The van der Waals surface area contributed by atoms with Crippen molar-refractivity contribution >= 4 is 11.6 Å². The van der Waals surface area contributed by atoms with E-state index in [1.807, 2.05) is 18.2 Å². The van der Waals surface area contributed by atoms with E-state index in [1.54, 1.807) is 28.4 Å². The maximum absolute atomic E-state index is 13.5. The molecule has 2 saturated heterocycles. The van der Waals surface area contributed by atoms with E-state index >= 15 is 0 Å². The van der Waals surface area contributed by atoms with Crippen molar-refractivity contribution in [3.8, 4) is 23.0 Å². The highest BCUT2D eigenvalue weighted by Gasteiger charge is 2.58. The third-order valence-corrected chi connectivity index (χ3v) is 14.1. The molecule has 0 radical (unpaired) electrons. The van der Waals surface area contributed by atoms with Crippen LogP contribution in [-0.2, 0) is 55.9 Å². The summed E-state index contributed by atoms with van der Waals surface area (Å²) in [5.41, 5.74) is 5.83. The molecule has 0 saturated carbocycles. The molecule has 0 amide bonds. The van der Waals surface area contributed by atoms with E-state index in [9.17, 15) is 9.59 Å². The molecule has 2 heterocycles. The van der Waals surface area contributed by atoms with Crippen LogP contribution in [0.15, 0.2) is 72.2 Å². The lowest BCUT2D eigenvalue weighted by Gasteiger charge is -2.56. The summed E-state index contributed by atoms with van der Waals surface area (Å²) in [6, 6.07) is 17.1. The summed E-state index contributed by atoms with van der Waals surface area (Å²) in [6.07, 6.45) is 8.32. The van der Waals surface area contributed by atoms with E-state index < -0.39 is 10.8 Å². The van der Waals surface area contributed by atoms with E-state index in [4.69, 9.17) is 28.4 Å². The highest BCUT2D eigenvalue weighted by atomic mass is 16.5. The second-order valence-electron chi connectivity index (χ2n) is 16.7. The Morgan fingerprint density at radius 1 is 0.625 bits per heavy atom. The number of ether oxygens (including phenoxy) is 6. The van der Waals surface area contributed by atoms with Gasteiger partial charge in [-0.25, -0.2) is 0 Å². The Hall–Kier alpha value is -4.80. The number of likely N-dealkylation sites (N-methyl/N-ethyl adjacent to an activating group) is 2. The number of benzene rings is 3. The average molecular weight is 761 g/mol. The second-order valence-corrected chi connectivity index (χ2v) is 16.7. The zero-order valence-corrected chi connectivity index (χ0v) is 33.3. The van der Waals surface area contributed by atoms with Crippen LogP contribution in [0.5, 0.6) is 23.0 Å². The van der Waals surface area contributed by atoms with Crippen molar-refractivity contribution in [3.63, 3.8) is 0 Å². The fourth-order valence-corrected chi connectivity index (χ4v) is 11.4. The third kappa shape index (κ3) is 5.57. The van der Waals surface area contributed by atoms with Gasteiger partial charge in [0, 0.05) is 58.7 Å².